The van der Waals surface area contributed by atoms with Crippen LogP contribution in [0.15, 0.2) is 21.9 Å². The van der Waals surface area contributed by atoms with E-state index in [9.17, 15) is 34.0 Å². The summed E-state index contributed by atoms with van der Waals surface area (Å²) in [5, 5.41) is 24.1. The average molecular weight is 568 g/mol. The van der Waals surface area contributed by atoms with E-state index in [1.54, 1.807) is 20.8 Å². The van der Waals surface area contributed by atoms with Gasteiger partial charge in [0.25, 0.3) is 5.56 Å². The third-order valence-corrected chi connectivity index (χ3v) is 9.32. The molecule has 2 rings (SSSR count). The quantitative estimate of drug-likeness (QED) is 0.188. The maximum Gasteiger partial charge on any atom is 0.330 e. The summed E-state index contributed by atoms with van der Waals surface area (Å²) in [7, 11) is 0. The van der Waals surface area contributed by atoms with E-state index < -0.39 is 72.7 Å². The van der Waals surface area contributed by atoms with Crippen molar-refractivity contribution in [2.24, 2.45) is 0 Å². The first-order valence-corrected chi connectivity index (χ1v) is 14.8. The van der Waals surface area contributed by atoms with Crippen molar-refractivity contribution >= 4 is 30.0 Å². The molecule has 16 heteroatoms. The van der Waals surface area contributed by atoms with Crippen LogP contribution in [0.5, 0.6) is 0 Å². The summed E-state index contributed by atoms with van der Waals surface area (Å²) >= 11 is 0.747. The monoisotopic (exact) mass is 567 g/mol. The summed E-state index contributed by atoms with van der Waals surface area (Å²) in [4.78, 5) is 49.5. The van der Waals surface area contributed by atoms with Crippen molar-refractivity contribution in [1.29, 1.82) is 0 Å². The highest BCUT2D eigenvalue weighted by molar-refractivity contribution is 8.56. The molecule has 210 valence electrons. The van der Waals surface area contributed by atoms with Crippen LogP contribution in [0.3, 0.4) is 0 Å². The second-order valence-electron chi connectivity index (χ2n) is 8.73. The normalized spacial score (nSPS) is 26.0. The Hall–Kier alpha value is -2.00. The molecule has 1 aliphatic heterocycles. The number of aromatic amines is 1. The number of nitrogens with one attached hydrogen (secondary N) is 2. The van der Waals surface area contributed by atoms with E-state index in [4.69, 9.17) is 18.7 Å². The lowest BCUT2D eigenvalue weighted by molar-refractivity contribution is -0.149. The number of esters is 2. The molecular formula is C21H34N3O11PS. The molecule has 0 aliphatic carbocycles. The fourth-order valence-corrected chi connectivity index (χ4v) is 7.12. The van der Waals surface area contributed by atoms with Crippen molar-refractivity contribution in [1.82, 2.24) is 14.6 Å². The average Bonchev–Trinajstić information content (AvgIpc) is 3.01. The smallest absolute Gasteiger partial charge is 0.330 e. The number of rotatable bonds is 13. The molecule has 1 saturated heterocycles. The summed E-state index contributed by atoms with van der Waals surface area (Å²) in [6, 6.07) is 0.000746. The lowest BCUT2D eigenvalue weighted by Crippen LogP contribution is -2.46. The van der Waals surface area contributed by atoms with Gasteiger partial charge in [-0.15, -0.1) is 0 Å². The lowest BCUT2D eigenvalue weighted by atomic mass is 9.96. The van der Waals surface area contributed by atoms with Gasteiger partial charge in [0.05, 0.1) is 25.7 Å². The van der Waals surface area contributed by atoms with Crippen molar-refractivity contribution in [2.45, 2.75) is 77.2 Å². The number of nitrogens with zero attached hydrogens (tertiary/aromatic N) is 1. The second-order valence-corrected chi connectivity index (χ2v) is 13.1. The third-order valence-electron chi connectivity index (χ3n) is 5.20. The van der Waals surface area contributed by atoms with E-state index in [0.717, 1.165) is 28.2 Å². The van der Waals surface area contributed by atoms with Gasteiger partial charge in [-0.3, -0.25) is 28.5 Å². The van der Waals surface area contributed by atoms with Gasteiger partial charge < -0.3 is 28.9 Å². The summed E-state index contributed by atoms with van der Waals surface area (Å²) in [6.45, 7) is 3.38. The molecule has 0 amide bonds. The molecule has 0 spiro atoms. The number of hydrogen-bond donors (Lipinski definition) is 4. The molecule has 0 radical (unpaired) electrons. The van der Waals surface area contributed by atoms with Gasteiger partial charge in [0, 0.05) is 18.0 Å². The molecule has 2 heterocycles. The lowest BCUT2D eigenvalue weighted by Gasteiger charge is -2.27. The van der Waals surface area contributed by atoms with Crippen molar-refractivity contribution in [3.8, 4) is 0 Å². The van der Waals surface area contributed by atoms with Crippen molar-refractivity contribution in [3.05, 3.63) is 33.1 Å². The largest absolute Gasteiger partial charge is 0.466 e. The molecule has 14 nitrogen and oxygen atoms in total. The van der Waals surface area contributed by atoms with Gasteiger partial charge in [-0.25, -0.2) is 9.88 Å². The number of carbonyl (C=O) groups is 2. The topological polar surface area (TPSA) is 195 Å². The maximum atomic E-state index is 13.6. The first kappa shape index (κ1) is 31.2. The summed E-state index contributed by atoms with van der Waals surface area (Å²) in [6.07, 6.45) is -3.62. The molecule has 0 unspecified atom stereocenters. The first-order chi connectivity index (χ1) is 17.2. The van der Waals surface area contributed by atoms with E-state index >= 15 is 0 Å². The molecule has 0 bridgehead atoms. The number of aliphatic hydroxyl groups is 2. The van der Waals surface area contributed by atoms with Crippen LogP contribution in [-0.2, 0) is 32.9 Å². The Morgan fingerprint density at radius 1 is 1.35 bits per heavy atom. The van der Waals surface area contributed by atoms with Crippen molar-refractivity contribution in [2.75, 3.05) is 19.0 Å². The van der Waals surface area contributed by atoms with Crippen LogP contribution >= 0.6 is 18.1 Å². The zero-order valence-corrected chi connectivity index (χ0v) is 23.0. The molecule has 0 aromatic carbocycles. The van der Waals surface area contributed by atoms with Gasteiger partial charge in [0.2, 0.25) is 0 Å². The van der Waals surface area contributed by atoms with E-state index in [2.05, 4.69) is 5.09 Å². The van der Waals surface area contributed by atoms with E-state index in [0.29, 0.717) is 0 Å². The summed E-state index contributed by atoms with van der Waals surface area (Å²) in [5.74, 6) is -1.16. The van der Waals surface area contributed by atoms with Crippen molar-refractivity contribution < 1.29 is 43.1 Å². The molecular weight excluding hydrogens is 533 g/mol. The molecule has 37 heavy (non-hydrogen) atoms. The van der Waals surface area contributed by atoms with Gasteiger partial charge in [-0.1, -0.05) is 11.4 Å². The number of ether oxygens (including phenoxy) is 3. The molecule has 0 saturated carbocycles. The minimum Gasteiger partial charge on any atom is -0.466 e. The minimum absolute atomic E-state index is 0.0241. The van der Waals surface area contributed by atoms with Crippen LogP contribution in [0.2, 0.25) is 0 Å². The number of aliphatic hydroxyl groups excluding tert-OH is 1. The van der Waals surface area contributed by atoms with Crippen LogP contribution in [0.4, 0.5) is 0 Å². The Bertz CT molecular complexity index is 1110. The molecule has 1 aromatic rings. The van der Waals surface area contributed by atoms with Gasteiger partial charge in [0.15, 0.2) is 6.23 Å². The predicted octanol–water partition coefficient (Wildman–Crippen LogP) is 0.287. The summed E-state index contributed by atoms with van der Waals surface area (Å²) < 4.78 is 35.7. The maximum absolute atomic E-state index is 13.6. The Balaban J connectivity index is 2.17. The zero-order chi connectivity index (χ0) is 28.0. The number of carbonyl (C=O) groups excluding carboxylic acids is 2. The fraction of sp³-hybridized carbons (Fsp3) is 0.714. The minimum atomic E-state index is -3.91. The Morgan fingerprint density at radius 2 is 2.03 bits per heavy atom. The van der Waals surface area contributed by atoms with Crippen LogP contribution in [-0.4, -0.2) is 80.6 Å². The SMILES string of the molecule is CCOC(=O)CCS[P@@](=O)(N[C@H](C)C(=O)OC(C)C)OC[C@H]1O[C@@H](n2ccc(=O)[nH]c2=O)[C@](C)(O)[C@@H]1O. The van der Waals surface area contributed by atoms with Crippen molar-refractivity contribution in [3.63, 3.8) is 0 Å². The third kappa shape index (κ3) is 8.50. The number of aromatic nitrogens is 2. The molecule has 4 N–H and O–H groups in total. The Labute approximate surface area is 217 Å². The van der Waals surface area contributed by atoms with Crippen LogP contribution in [0.1, 0.15) is 47.3 Å². The summed E-state index contributed by atoms with van der Waals surface area (Å²) in [5.41, 5.74) is -3.51. The highest BCUT2D eigenvalue weighted by Crippen LogP contribution is 2.57. The number of H-pyrrole nitrogens is 1. The van der Waals surface area contributed by atoms with Crippen LogP contribution in [0.25, 0.3) is 0 Å². The zero-order valence-electron chi connectivity index (χ0n) is 21.2. The predicted molar refractivity (Wildman–Crippen MR) is 133 cm³/mol. The van der Waals surface area contributed by atoms with E-state index in [-0.39, 0.29) is 18.8 Å². The molecule has 1 aliphatic rings. The first-order valence-electron chi connectivity index (χ1n) is 11.6. The Morgan fingerprint density at radius 3 is 2.62 bits per heavy atom. The van der Waals surface area contributed by atoms with Crippen LogP contribution in [0, 0.1) is 0 Å². The number of hydrogen-bond acceptors (Lipinski definition) is 12. The van der Waals surface area contributed by atoms with Gasteiger partial charge >= 0.3 is 24.3 Å². The van der Waals surface area contributed by atoms with Crippen LogP contribution < -0.4 is 16.3 Å². The highest BCUT2D eigenvalue weighted by atomic mass is 32.7. The van der Waals surface area contributed by atoms with Gasteiger partial charge in [-0.05, 0) is 34.6 Å². The molecule has 1 fully saturated rings. The molecule has 6 atom stereocenters. The Kier molecular flexibility index (Phi) is 11.1. The van der Waals surface area contributed by atoms with E-state index in [1.165, 1.54) is 13.8 Å². The van der Waals surface area contributed by atoms with Gasteiger partial charge in [-0.2, -0.15) is 0 Å². The fourth-order valence-electron chi connectivity index (χ4n) is 3.38. The standard InChI is InChI=1S/C21H34N3O11PS/c1-6-32-16(26)8-10-37-36(31,23-13(4)18(28)34-12(2)3)33-11-14-17(27)21(5,30)19(35-14)24-9-7-15(25)22-20(24)29/h7,9,12-14,17,19,27,30H,6,8,10-11H2,1-5H3,(H,23,31)(H,22,25,29)/t13-,14-,17-,19-,21-,36-/m1/s1. The van der Waals surface area contributed by atoms with Gasteiger partial charge in [0.1, 0.15) is 23.9 Å². The second kappa shape index (κ2) is 13.2. The van der Waals surface area contributed by atoms with E-state index in [1.807, 2.05) is 4.98 Å². The highest BCUT2D eigenvalue weighted by Gasteiger charge is 2.54. The molecule has 1 aromatic heterocycles.